The summed E-state index contributed by atoms with van der Waals surface area (Å²) in [7, 11) is -2.15. The third-order valence-corrected chi connectivity index (χ3v) is 6.59. The SMILES string of the molecule is C[C@H](OCc1ccccc1)[C@@H](O[Si](C)(C)C)[C@](C#N)(c1ccccc1)c1ccc([N+](=O)[O-])cc1. The molecule has 0 aliphatic rings. The first-order valence-electron chi connectivity index (χ1n) is 11.2. The Kier molecular flexibility index (Phi) is 8.00. The summed E-state index contributed by atoms with van der Waals surface area (Å²) in [6.45, 7) is 8.53. The first kappa shape index (κ1) is 25.3. The molecule has 0 aromatic heterocycles. The first-order valence-corrected chi connectivity index (χ1v) is 14.6. The molecule has 0 aliphatic heterocycles. The van der Waals surface area contributed by atoms with Crippen LogP contribution < -0.4 is 0 Å². The number of hydrogen-bond acceptors (Lipinski definition) is 5. The Morgan fingerprint density at radius 1 is 0.941 bits per heavy atom. The van der Waals surface area contributed by atoms with Crippen LogP contribution in [0.2, 0.25) is 19.6 Å². The van der Waals surface area contributed by atoms with Crippen molar-refractivity contribution < 1.29 is 14.1 Å². The summed E-state index contributed by atoms with van der Waals surface area (Å²) in [6, 6.07) is 28.0. The maximum Gasteiger partial charge on any atom is 0.269 e. The van der Waals surface area contributed by atoms with Gasteiger partial charge in [0.05, 0.1) is 29.8 Å². The molecule has 3 aromatic rings. The molecule has 0 unspecified atom stereocenters. The largest absolute Gasteiger partial charge is 0.410 e. The van der Waals surface area contributed by atoms with Crippen molar-refractivity contribution in [3.63, 3.8) is 0 Å². The number of nitro groups is 1. The second-order valence-corrected chi connectivity index (χ2v) is 13.7. The maximum absolute atomic E-state index is 11.3. The molecule has 6 nitrogen and oxygen atoms in total. The molecule has 0 saturated carbocycles. The van der Waals surface area contributed by atoms with E-state index in [0.717, 1.165) is 11.1 Å². The Morgan fingerprint density at radius 2 is 1.47 bits per heavy atom. The Balaban J connectivity index is 2.13. The van der Waals surface area contributed by atoms with Crippen molar-refractivity contribution >= 4 is 14.0 Å². The number of nitrogens with zero attached hydrogens (tertiary/aromatic N) is 2. The molecule has 0 radical (unpaired) electrons. The Bertz CT molecular complexity index is 1130. The standard InChI is InChI=1S/C27H30N2O4Si/c1-21(32-19-22-11-7-5-8-12-22)26(33-34(2,3)4)27(20-28,23-13-9-6-10-14-23)24-15-17-25(18-16-24)29(30)31/h5-18,21,26H,19H2,1-4H3/t21-,26+,27+/m0/s1. The summed E-state index contributed by atoms with van der Waals surface area (Å²) in [4.78, 5) is 10.8. The molecule has 3 atom stereocenters. The lowest BCUT2D eigenvalue weighted by atomic mass is 9.70. The molecule has 34 heavy (non-hydrogen) atoms. The van der Waals surface area contributed by atoms with Crippen molar-refractivity contribution in [1.29, 1.82) is 5.26 Å². The van der Waals surface area contributed by atoms with Crippen molar-refractivity contribution in [1.82, 2.24) is 0 Å². The number of rotatable bonds is 10. The summed E-state index contributed by atoms with van der Waals surface area (Å²) in [6.07, 6.45) is -1.08. The predicted octanol–water partition coefficient (Wildman–Crippen LogP) is 6.23. The maximum atomic E-state index is 11.3. The number of non-ortho nitro benzene ring substituents is 1. The average Bonchev–Trinajstić information content (AvgIpc) is 2.83. The van der Waals surface area contributed by atoms with Crippen LogP contribution in [0.25, 0.3) is 0 Å². The zero-order chi connectivity index (χ0) is 24.8. The van der Waals surface area contributed by atoms with E-state index in [9.17, 15) is 15.4 Å². The van der Waals surface area contributed by atoms with E-state index < -0.39 is 30.9 Å². The van der Waals surface area contributed by atoms with Gasteiger partial charge in [0.15, 0.2) is 8.32 Å². The third-order valence-electron chi connectivity index (χ3n) is 5.63. The molecule has 0 bridgehead atoms. The van der Waals surface area contributed by atoms with Crippen LogP contribution in [-0.4, -0.2) is 25.4 Å². The Labute approximate surface area is 202 Å². The fourth-order valence-corrected chi connectivity index (χ4v) is 5.17. The normalized spacial score (nSPS) is 15.0. The van der Waals surface area contributed by atoms with Crippen LogP contribution >= 0.6 is 0 Å². The van der Waals surface area contributed by atoms with E-state index in [1.54, 1.807) is 12.1 Å². The topological polar surface area (TPSA) is 85.4 Å². The zero-order valence-corrected chi connectivity index (χ0v) is 21.0. The van der Waals surface area contributed by atoms with Gasteiger partial charge in [-0.2, -0.15) is 5.26 Å². The highest BCUT2D eigenvalue weighted by molar-refractivity contribution is 6.69. The molecule has 0 fully saturated rings. The minimum atomic E-state index is -2.15. The molecule has 0 heterocycles. The van der Waals surface area contributed by atoms with Gasteiger partial charge in [0.2, 0.25) is 0 Å². The summed E-state index contributed by atoms with van der Waals surface area (Å²) in [5.74, 6) is 0. The van der Waals surface area contributed by atoms with Gasteiger partial charge in [0, 0.05) is 12.1 Å². The van der Waals surface area contributed by atoms with Gasteiger partial charge in [-0.15, -0.1) is 0 Å². The molecule has 0 amide bonds. The summed E-state index contributed by atoms with van der Waals surface area (Å²) >= 11 is 0. The molecule has 7 heteroatoms. The monoisotopic (exact) mass is 474 g/mol. The van der Waals surface area contributed by atoms with Crippen LogP contribution in [0.3, 0.4) is 0 Å². The number of benzene rings is 3. The van der Waals surface area contributed by atoms with Crippen molar-refractivity contribution in [2.75, 3.05) is 0 Å². The van der Waals surface area contributed by atoms with Gasteiger partial charge >= 0.3 is 0 Å². The second kappa shape index (κ2) is 10.7. The van der Waals surface area contributed by atoms with Gasteiger partial charge in [0.25, 0.3) is 5.69 Å². The van der Waals surface area contributed by atoms with Crippen molar-refractivity contribution in [2.45, 2.75) is 50.8 Å². The van der Waals surface area contributed by atoms with Crippen LogP contribution in [-0.2, 0) is 21.2 Å². The van der Waals surface area contributed by atoms with Gasteiger partial charge in [-0.3, -0.25) is 10.1 Å². The Morgan fingerprint density at radius 3 is 1.97 bits per heavy atom. The predicted molar refractivity (Wildman–Crippen MR) is 135 cm³/mol. The number of hydrogen-bond donors (Lipinski definition) is 0. The van der Waals surface area contributed by atoms with Crippen LogP contribution in [0.15, 0.2) is 84.9 Å². The quantitative estimate of drug-likeness (QED) is 0.197. The van der Waals surface area contributed by atoms with E-state index in [1.165, 1.54) is 12.1 Å². The summed E-state index contributed by atoms with van der Waals surface area (Å²) in [5, 5.41) is 22.0. The molecular formula is C27H30N2O4Si. The van der Waals surface area contributed by atoms with Crippen LogP contribution in [0, 0.1) is 21.4 Å². The van der Waals surface area contributed by atoms with E-state index >= 15 is 0 Å². The Hall–Kier alpha value is -3.31. The number of nitro benzene ring substituents is 1. The second-order valence-electron chi connectivity index (χ2n) is 9.24. The molecule has 3 rings (SSSR count). The highest BCUT2D eigenvalue weighted by Gasteiger charge is 2.48. The summed E-state index contributed by atoms with van der Waals surface area (Å²) in [5.41, 5.74) is 1.15. The molecule has 0 aliphatic carbocycles. The molecule has 176 valence electrons. The van der Waals surface area contributed by atoms with E-state index in [4.69, 9.17) is 9.16 Å². The van der Waals surface area contributed by atoms with E-state index in [2.05, 4.69) is 25.7 Å². The van der Waals surface area contributed by atoms with Crippen LogP contribution in [0.5, 0.6) is 0 Å². The fraction of sp³-hybridized carbons (Fsp3) is 0.296. The first-order chi connectivity index (χ1) is 16.2. The fourth-order valence-electron chi connectivity index (χ4n) is 4.04. The third kappa shape index (κ3) is 5.78. The average molecular weight is 475 g/mol. The number of ether oxygens (including phenoxy) is 1. The molecule has 0 spiro atoms. The van der Waals surface area contributed by atoms with Gasteiger partial charge in [-0.25, -0.2) is 0 Å². The molecule has 3 aromatic carbocycles. The smallest absolute Gasteiger partial charge is 0.269 e. The van der Waals surface area contributed by atoms with Crippen molar-refractivity contribution in [2.24, 2.45) is 0 Å². The highest BCUT2D eigenvalue weighted by atomic mass is 28.4. The van der Waals surface area contributed by atoms with E-state index in [0.29, 0.717) is 12.2 Å². The van der Waals surface area contributed by atoms with Crippen LogP contribution in [0.4, 0.5) is 5.69 Å². The van der Waals surface area contributed by atoms with Crippen molar-refractivity contribution in [3.05, 3.63) is 112 Å². The van der Waals surface area contributed by atoms with Gasteiger partial charge in [-0.05, 0) is 43.3 Å². The van der Waals surface area contributed by atoms with Crippen molar-refractivity contribution in [3.8, 4) is 6.07 Å². The highest BCUT2D eigenvalue weighted by Crippen LogP contribution is 2.41. The summed E-state index contributed by atoms with van der Waals surface area (Å²) < 4.78 is 13.0. The van der Waals surface area contributed by atoms with E-state index in [-0.39, 0.29) is 5.69 Å². The molecule has 0 saturated heterocycles. The minimum absolute atomic E-state index is 0.0281. The van der Waals surface area contributed by atoms with Gasteiger partial charge in [0.1, 0.15) is 5.41 Å². The van der Waals surface area contributed by atoms with E-state index in [1.807, 2.05) is 67.6 Å². The zero-order valence-electron chi connectivity index (χ0n) is 20.0. The lowest BCUT2D eigenvalue weighted by Crippen LogP contribution is -2.52. The van der Waals surface area contributed by atoms with Gasteiger partial charge < -0.3 is 9.16 Å². The molecule has 0 N–H and O–H groups in total. The van der Waals surface area contributed by atoms with Gasteiger partial charge in [-0.1, -0.05) is 72.8 Å². The molecular weight excluding hydrogens is 444 g/mol. The van der Waals surface area contributed by atoms with Crippen LogP contribution in [0.1, 0.15) is 23.6 Å². The lowest BCUT2D eigenvalue weighted by molar-refractivity contribution is -0.384. The number of nitriles is 1. The lowest BCUT2D eigenvalue weighted by Gasteiger charge is -2.42. The minimum Gasteiger partial charge on any atom is -0.410 e.